The molecule has 58 heavy (non-hydrogen) atoms. The Labute approximate surface area is 335 Å². The molecule has 4 aromatic rings. The van der Waals surface area contributed by atoms with E-state index in [2.05, 4.69) is 26.3 Å². The van der Waals surface area contributed by atoms with Gasteiger partial charge < -0.3 is 50.5 Å². The molecule has 0 spiro atoms. The van der Waals surface area contributed by atoms with Crippen LogP contribution in [0.2, 0.25) is 0 Å². The lowest BCUT2D eigenvalue weighted by molar-refractivity contribution is -0.138. The maximum absolute atomic E-state index is 13.7. The van der Waals surface area contributed by atoms with Gasteiger partial charge in [0, 0.05) is 31.6 Å². The summed E-state index contributed by atoms with van der Waals surface area (Å²) in [6.45, 7) is 4.62. The Kier molecular flexibility index (Phi) is 14.5. The molecule has 5 amide bonds. The molecular formula is C41H51N7O10. The van der Waals surface area contributed by atoms with Crippen LogP contribution in [-0.2, 0) is 32.3 Å². The summed E-state index contributed by atoms with van der Waals surface area (Å²) < 4.78 is 18.8. The molecule has 2 heterocycles. The summed E-state index contributed by atoms with van der Waals surface area (Å²) in [4.78, 5) is 84.5. The first kappa shape index (κ1) is 42.8. The Hall–Kier alpha value is -6.36. The molecule has 310 valence electrons. The third-order valence-electron chi connectivity index (χ3n) is 9.78. The number of aromatic nitrogens is 2. The maximum atomic E-state index is 13.7. The van der Waals surface area contributed by atoms with Gasteiger partial charge in [0.05, 0.1) is 50.0 Å². The van der Waals surface area contributed by atoms with Gasteiger partial charge in [-0.25, -0.2) is 4.79 Å². The highest BCUT2D eigenvalue weighted by atomic mass is 16.5. The fourth-order valence-electron chi connectivity index (χ4n) is 6.60. The molecule has 17 nitrogen and oxygen atoms in total. The topological polar surface area (TPSA) is 222 Å². The Balaban J connectivity index is 1.42. The number of amides is 5. The number of imidazole rings is 1. The predicted octanol–water partition coefficient (Wildman–Crippen LogP) is 2.20. The van der Waals surface area contributed by atoms with E-state index >= 15 is 0 Å². The van der Waals surface area contributed by atoms with E-state index in [1.807, 2.05) is 0 Å². The molecule has 0 radical (unpaired) electrons. The Morgan fingerprint density at radius 1 is 0.862 bits per heavy atom. The summed E-state index contributed by atoms with van der Waals surface area (Å²) in [5.41, 5.74) is 1.62. The fraction of sp³-hybridized carbons (Fsp3) is 0.415. The van der Waals surface area contributed by atoms with Crippen LogP contribution in [0.4, 0.5) is 0 Å². The number of hydrogen-bond donors (Lipinski definition) is 6. The zero-order valence-corrected chi connectivity index (χ0v) is 33.3. The van der Waals surface area contributed by atoms with Gasteiger partial charge in [-0.05, 0) is 68.1 Å². The molecule has 5 rings (SSSR count). The summed E-state index contributed by atoms with van der Waals surface area (Å²) in [6, 6.07) is 14.3. The van der Waals surface area contributed by atoms with Crippen LogP contribution >= 0.6 is 0 Å². The molecule has 3 aromatic carbocycles. The van der Waals surface area contributed by atoms with Gasteiger partial charge >= 0.3 is 5.69 Å². The quantitative estimate of drug-likeness (QED) is 0.160. The minimum atomic E-state index is -1.47. The first-order valence-electron chi connectivity index (χ1n) is 19.1. The number of carbonyl (C=O) groups excluding carboxylic acids is 5. The molecule has 1 aliphatic heterocycles. The van der Waals surface area contributed by atoms with E-state index < -0.39 is 54.3 Å². The summed E-state index contributed by atoms with van der Waals surface area (Å²) in [7, 11) is 2.94. The molecule has 1 aliphatic rings. The van der Waals surface area contributed by atoms with Crippen molar-refractivity contribution >= 4 is 40.6 Å². The second-order valence-corrected chi connectivity index (χ2v) is 14.3. The van der Waals surface area contributed by atoms with Crippen molar-refractivity contribution in [3.8, 4) is 23.0 Å². The Morgan fingerprint density at radius 2 is 1.62 bits per heavy atom. The van der Waals surface area contributed by atoms with Crippen molar-refractivity contribution in [2.75, 3.05) is 33.9 Å². The van der Waals surface area contributed by atoms with Crippen LogP contribution in [0.15, 0.2) is 65.5 Å². The summed E-state index contributed by atoms with van der Waals surface area (Å²) in [6.07, 6.45) is -0.677. The highest BCUT2D eigenvalue weighted by molar-refractivity contribution is 5.95. The highest BCUT2D eigenvalue weighted by Gasteiger charge is 2.32. The smallest absolute Gasteiger partial charge is 0.326 e. The summed E-state index contributed by atoms with van der Waals surface area (Å²) >= 11 is 0. The monoisotopic (exact) mass is 801 g/mol. The average Bonchev–Trinajstić information content (AvgIpc) is 3.53. The van der Waals surface area contributed by atoms with E-state index in [-0.39, 0.29) is 55.5 Å². The number of methoxy groups -OCH3 is 2. The van der Waals surface area contributed by atoms with Crippen molar-refractivity contribution in [2.24, 2.45) is 5.92 Å². The molecule has 0 aliphatic carbocycles. The normalized spacial score (nSPS) is 18.2. The van der Waals surface area contributed by atoms with Gasteiger partial charge in [-0.2, -0.15) is 0 Å². The van der Waals surface area contributed by atoms with E-state index in [4.69, 9.17) is 14.2 Å². The van der Waals surface area contributed by atoms with Gasteiger partial charge in [0.15, 0.2) is 11.5 Å². The van der Waals surface area contributed by atoms with Crippen molar-refractivity contribution in [3.05, 3.63) is 82.3 Å². The number of benzene rings is 3. The number of nitrogens with one attached hydrogen (secondary N) is 5. The molecule has 0 saturated carbocycles. The number of aliphatic hydroxyl groups is 1. The van der Waals surface area contributed by atoms with Crippen molar-refractivity contribution in [3.63, 3.8) is 0 Å². The molecule has 0 fully saturated rings. The van der Waals surface area contributed by atoms with Crippen molar-refractivity contribution in [1.29, 1.82) is 0 Å². The zero-order valence-electron chi connectivity index (χ0n) is 33.3. The van der Waals surface area contributed by atoms with Crippen LogP contribution in [0.1, 0.15) is 56.0 Å². The van der Waals surface area contributed by atoms with Gasteiger partial charge in [-0.1, -0.05) is 32.0 Å². The van der Waals surface area contributed by atoms with E-state index in [1.165, 1.54) is 36.7 Å². The van der Waals surface area contributed by atoms with Crippen LogP contribution in [0, 0.1) is 5.92 Å². The zero-order chi connectivity index (χ0) is 41.9. The number of para-hydroxylation sites is 2. The standard InChI is InChI=1S/C41H51N7O10/c1-24(2)36-39(53)43-22-27-30(56-4)13-10-14-31(27)58-33-21-26(15-16-32(33)57-5)38(52)42-18-8-9-19-47(23-34(50)45-37(25(3)49)40(54)46-36)35(51)17-20-48-29-12-7-6-11-28(29)44-41(48)55/h6-7,10-16,21,24-25,36-37,49H,8-9,17-20,22-23H2,1-5H3,(H,42,52)(H,43,53)(H,44,55)(H,45,50)(H,46,54)/t25-,36-,37+/m1/s1. The first-order chi connectivity index (χ1) is 27.8. The third kappa shape index (κ3) is 10.5. The molecule has 0 saturated heterocycles. The third-order valence-corrected chi connectivity index (χ3v) is 9.78. The van der Waals surface area contributed by atoms with Crippen LogP contribution < -0.4 is 41.2 Å². The van der Waals surface area contributed by atoms with Crippen molar-refractivity contribution in [2.45, 2.75) is 71.3 Å². The number of aromatic amines is 1. The van der Waals surface area contributed by atoms with Crippen LogP contribution in [0.5, 0.6) is 23.0 Å². The van der Waals surface area contributed by atoms with Crippen LogP contribution in [0.3, 0.4) is 0 Å². The number of aliphatic hydroxyl groups excluding tert-OH is 1. The maximum Gasteiger partial charge on any atom is 0.326 e. The number of aryl methyl sites for hydroxylation is 1. The molecule has 3 atom stereocenters. The van der Waals surface area contributed by atoms with E-state index in [0.717, 1.165) is 0 Å². The van der Waals surface area contributed by atoms with E-state index in [1.54, 1.807) is 68.4 Å². The van der Waals surface area contributed by atoms with Crippen LogP contribution in [-0.4, -0.2) is 101 Å². The van der Waals surface area contributed by atoms with Gasteiger partial charge in [-0.3, -0.25) is 28.5 Å². The predicted molar refractivity (Wildman–Crippen MR) is 214 cm³/mol. The molecular weight excluding hydrogens is 750 g/mol. The second kappa shape index (κ2) is 19.7. The lowest BCUT2D eigenvalue weighted by Gasteiger charge is -2.28. The number of H-pyrrole nitrogens is 1. The largest absolute Gasteiger partial charge is 0.496 e. The minimum Gasteiger partial charge on any atom is -0.496 e. The SMILES string of the molecule is COc1ccc2cc1Oc1cccc(OC)c1CNC(=O)[C@@H](C(C)C)NC(=O)[C@H]([C@@H](C)O)NC(=O)CN(C(=O)CCn1c(=O)[nH]c3ccccc31)CCCCNC2=O. The Bertz CT molecular complexity index is 2180. The summed E-state index contributed by atoms with van der Waals surface area (Å²) in [5.74, 6) is -2.05. The lowest BCUT2D eigenvalue weighted by Crippen LogP contribution is -2.59. The average molecular weight is 802 g/mol. The molecule has 1 aromatic heterocycles. The summed E-state index contributed by atoms with van der Waals surface area (Å²) in [5, 5.41) is 21.5. The number of hydrogen-bond acceptors (Lipinski definition) is 10. The van der Waals surface area contributed by atoms with Gasteiger partial charge in [0.25, 0.3) is 5.91 Å². The van der Waals surface area contributed by atoms with Gasteiger partial charge in [-0.15, -0.1) is 0 Å². The number of nitrogens with zero attached hydrogens (tertiary/aromatic N) is 2. The van der Waals surface area contributed by atoms with Crippen molar-refractivity contribution in [1.82, 2.24) is 35.7 Å². The minimum absolute atomic E-state index is 0.0403. The highest BCUT2D eigenvalue weighted by Crippen LogP contribution is 2.37. The second-order valence-electron chi connectivity index (χ2n) is 14.3. The van der Waals surface area contributed by atoms with Gasteiger partial charge in [0.1, 0.15) is 23.6 Å². The number of rotatable bonds is 7. The number of ether oxygens (including phenoxy) is 3. The van der Waals surface area contributed by atoms with Crippen LogP contribution in [0.25, 0.3) is 11.0 Å². The molecule has 0 unspecified atom stereocenters. The molecule has 17 heteroatoms. The van der Waals surface area contributed by atoms with Gasteiger partial charge in [0.2, 0.25) is 23.6 Å². The van der Waals surface area contributed by atoms with E-state index in [9.17, 15) is 33.9 Å². The Morgan fingerprint density at radius 3 is 2.34 bits per heavy atom. The number of fused-ring (bicyclic) bond motifs is 4. The lowest BCUT2D eigenvalue weighted by atomic mass is 10.0. The first-order valence-corrected chi connectivity index (χ1v) is 19.1. The van der Waals surface area contributed by atoms with E-state index in [0.29, 0.717) is 46.7 Å². The number of carbonyl (C=O) groups is 5. The van der Waals surface area contributed by atoms with Crippen molar-refractivity contribution < 1.29 is 43.3 Å². The molecule has 2 bridgehead atoms. The fourth-order valence-corrected chi connectivity index (χ4v) is 6.60. The molecule has 6 N–H and O–H groups in total.